The minimum atomic E-state index is -0.720. The first kappa shape index (κ1) is 13.7. The van der Waals surface area contributed by atoms with E-state index in [9.17, 15) is 9.59 Å². The molecule has 21 heavy (non-hydrogen) atoms. The monoisotopic (exact) mass is 291 g/mol. The van der Waals surface area contributed by atoms with Crippen LogP contribution in [-0.4, -0.2) is 46.7 Å². The fourth-order valence-corrected chi connectivity index (χ4v) is 2.39. The van der Waals surface area contributed by atoms with Crippen LogP contribution in [-0.2, 0) is 16.1 Å². The summed E-state index contributed by atoms with van der Waals surface area (Å²) in [5.74, 6) is -0.335. The van der Waals surface area contributed by atoms with Gasteiger partial charge in [0.1, 0.15) is 6.04 Å². The highest BCUT2D eigenvalue weighted by Gasteiger charge is 2.23. The number of amides is 3. The third-order valence-corrected chi connectivity index (χ3v) is 3.47. The molecule has 8 nitrogen and oxygen atoms in total. The van der Waals surface area contributed by atoms with E-state index in [0.29, 0.717) is 12.2 Å². The molecule has 112 valence electrons. The highest BCUT2D eigenvalue weighted by Crippen LogP contribution is 2.15. The molecule has 1 fully saturated rings. The van der Waals surface area contributed by atoms with Gasteiger partial charge in [-0.3, -0.25) is 9.48 Å². The third-order valence-electron chi connectivity index (χ3n) is 3.47. The SMILES string of the molecule is O=C1N=CC(C(=O)Nc2cnn(CC3CCCCO3)c2)N1. The topological polar surface area (TPSA) is 97.6 Å². The van der Waals surface area contributed by atoms with Crippen LogP contribution in [0.1, 0.15) is 19.3 Å². The van der Waals surface area contributed by atoms with Crippen molar-refractivity contribution in [1.82, 2.24) is 15.1 Å². The number of aliphatic imine (C=N–C) groups is 1. The summed E-state index contributed by atoms with van der Waals surface area (Å²) < 4.78 is 7.41. The van der Waals surface area contributed by atoms with Gasteiger partial charge in [-0.1, -0.05) is 0 Å². The second-order valence-corrected chi connectivity index (χ2v) is 5.13. The molecule has 1 aromatic rings. The Morgan fingerprint density at radius 2 is 2.43 bits per heavy atom. The van der Waals surface area contributed by atoms with Crippen LogP contribution < -0.4 is 10.6 Å². The van der Waals surface area contributed by atoms with Gasteiger partial charge in [-0.25, -0.2) is 9.79 Å². The molecule has 0 radical (unpaired) electrons. The summed E-state index contributed by atoms with van der Waals surface area (Å²) in [7, 11) is 0. The van der Waals surface area contributed by atoms with Gasteiger partial charge in [0.05, 0.1) is 24.5 Å². The van der Waals surface area contributed by atoms with E-state index in [1.807, 2.05) is 0 Å². The van der Waals surface area contributed by atoms with Gasteiger partial charge in [-0.05, 0) is 19.3 Å². The number of nitrogens with one attached hydrogen (secondary N) is 2. The molecule has 0 aromatic carbocycles. The molecular formula is C13H17N5O3. The highest BCUT2D eigenvalue weighted by molar-refractivity contribution is 6.11. The first-order chi connectivity index (χ1) is 10.2. The van der Waals surface area contributed by atoms with E-state index in [1.165, 1.54) is 12.6 Å². The maximum atomic E-state index is 11.9. The van der Waals surface area contributed by atoms with Crippen molar-refractivity contribution >= 4 is 23.8 Å². The van der Waals surface area contributed by atoms with Crippen molar-refractivity contribution in [1.29, 1.82) is 0 Å². The lowest BCUT2D eigenvalue weighted by Crippen LogP contribution is -2.39. The normalized spacial score (nSPS) is 24.9. The fourth-order valence-electron chi connectivity index (χ4n) is 2.39. The largest absolute Gasteiger partial charge is 0.376 e. The van der Waals surface area contributed by atoms with Crippen molar-refractivity contribution in [3.8, 4) is 0 Å². The van der Waals surface area contributed by atoms with Crippen LogP contribution in [0.15, 0.2) is 17.4 Å². The van der Waals surface area contributed by atoms with E-state index in [0.717, 1.165) is 19.4 Å². The zero-order chi connectivity index (χ0) is 14.7. The van der Waals surface area contributed by atoms with Crippen LogP contribution in [0.5, 0.6) is 0 Å². The first-order valence-electron chi connectivity index (χ1n) is 7.00. The van der Waals surface area contributed by atoms with Crippen molar-refractivity contribution in [3.05, 3.63) is 12.4 Å². The molecule has 3 rings (SSSR count). The van der Waals surface area contributed by atoms with Gasteiger partial charge in [0.15, 0.2) is 0 Å². The van der Waals surface area contributed by atoms with Crippen LogP contribution in [0, 0.1) is 0 Å². The van der Waals surface area contributed by atoms with Gasteiger partial charge in [-0.15, -0.1) is 0 Å². The summed E-state index contributed by atoms with van der Waals surface area (Å²) >= 11 is 0. The molecule has 2 N–H and O–H groups in total. The average Bonchev–Trinajstić information content (AvgIpc) is 3.09. The van der Waals surface area contributed by atoms with E-state index < -0.39 is 12.1 Å². The zero-order valence-electron chi connectivity index (χ0n) is 11.5. The van der Waals surface area contributed by atoms with Crippen molar-refractivity contribution in [2.24, 2.45) is 4.99 Å². The number of hydrogen-bond donors (Lipinski definition) is 2. The Hall–Kier alpha value is -2.22. The molecule has 2 aliphatic heterocycles. The summed E-state index contributed by atoms with van der Waals surface area (Å²) in [6.07, 6.45) is 8.13. The highest BCUT2D eigenvalue weighted by atomic mass is 16.5. The smallest absolute Gasteiger partial charge is 0.341 e. The first-order valence-corrected chi connectivity index (χ1v) is 7.00. The van der Waals surface area contributed by atoms with Gasteiger partial charge in [0.2, 0.25) is 0 Å². The van der Waals surface area contributed by atoms with Crippen LogP contribution in [0.4, 0.5) is 10.5 Å². The van der Waals surface area contributed by atoms with E-state index in [-0.39, 0.29) is 12.0 Å². The maximum Gasteiger partial charge on any atom is 0.341 e. The van der Waals surface area contributed by atoms with Gasteiger partial charge in [0, 0.05) is 19.0 Å². The average molecular weight is 291 g/mol. The molecule has 0 bridgehead atoms. The van der Waals surface area contributed by atoms with E-state index in [4.69, 9.17) is 4.74 Å². The number of ether oxygens (including phenoxy) is 1. The van der Waals surface area contributed by atoms with E-state index in [2.05, 4.69) is 20.7 Å². The maximum absolute atomic E-state index is 11.9. The Balaban J connectivity index is 1.53. The Bertz CT molecular complexity index is 562. The van der Waals surface area contributed by atoms with Crippen LogP contribution in [0.3, 0.4) is 0 Å². The predicted molar refractivity (Wildman–Crippen MR) is 75.3 cm³/mol. The summed E-state index contributed by atoms with van der Waals surface area (Å²) in [6, 6.07) is -1.22. The van der Waals surface area contributed by atoms with E-state index in [1.54, 1.807) is 17.1 Å². The minimum absolute atomic E-state index is 0.184. The zero-order valence-corrected chi connectivity index (χ0v) is 11.5. The van der Waals surface area contributed by atoms with Crippen molar-refractivity contribution in [2.45, 2.75) is 38.0 Å². The second-order valence-electron chi connectivity index (χ2n) is 5.13. The van der Waals surface area contributed by atoms with Gasteiger partial charge < -0.3 is 15.4 Å². The Labute approximate surface area is 121 Å². The fraction of sp³-hybridized carbons (Fsp3) is 0.538. The molecule has 2 aliphatic rings. The predicted octanol–water partition coefficient (Wildman–Crippen LogP) is 0.553. The number of anilines is 1. The molecule has 0 aliphatic carbocycles. The van der Waals surface area contributed by atoms with Gasteiger partial charge in [0.25, 0.3) is 5.91 Å². The number of hydrogen-bond acceptors (Lipinski definition) is 4. The molecule has 0 spiro atoms. The molecular weight excluding hydrogens is 274 g/mol. The van der Waals surface area contributed by atoms with Crippen molar-refractivity contribution in [3.63, 3.8) is 0 Å². The van der Waals surface area contributed by atoms with E-state index >= 15 is 0 Å². The lowest BCUT2D eigenvalue weighted by molar-refractivity contribution is -0.116. The molecule has 2 atom stereocenters. The Kier molecular flexibility index (Phi) is 3.96. The lowest BCUT2D eigenvalue weighted by atomic mass is 10.1. The summed E-state index contributed by atoms with van der Waals surface area (Å²) in [5, 5.41) is 9.32. The number of carbonyl (C=O) groups is 2. The molecule has 1 aromatic heterocycles. The Morgan fingerprint density at radius 1 is 1.52 bits per heavy atom. The molecule has 0 saturated carbocycles. The second kappa shape index (κ2) is 6.04. The summed E-state index contributed by atoms with van der Waals surface area (Å²) in [6.45, 7) is 1.48. The quantitative estimate of drug-likeness (QED) is 0.846. The van der Waals surface area contributed by atoms with Crippen molar-refractivity contribution < 1.29 is 14.3 Å². The van der Waals surface area contributed by atoms with Gasteiger partial charge >= 0.3 is 6.03 Å². The van der Waals surface area contributed by atoms with Crippen molar-refractivity contribution in [2.75, 3.05) is 11.9 Å². The molecule has 2 unspecified atom stereocenters. The number of rotatable bonds is 4. The van der Waals surface area contributed by atoms with Gasteiger partial charge in [-0.2, -0.15) is 5.10 Å². The standard InChI is InChI=1S/C13H17N5O3/c19-12(11-6-14-13(20)17-11)16-9-5-15-18(7-9)8-10-3-1-2-4-21-10/h5-7,10-11H,1-4,8H2,(H,16,19)(H,17,20). The lowest BCUT2D eigenvalue weighted by Gasteiger charge is -2.22. The Morgan fingerprint density at radius 3 is 3.14 bits per heavy atom. The third kappa shape index (κ3) is 3.46. The number of carbonyl (C=O) groups excluding carboxylic acids is 2. The summed E-state index contributed by atoms with van der Waals surface area (Å²) in [5.41, 5.74) is 0.588. The van der Waals surface area contributed by atoms with Crippen LogP contribution >= 0.6 is 0 Å². The van der Waals surface area contributed by atoms with Crippen LogP contribution in [0.25, 0.3) is 0 Å². The molecule has 3 heterocycles. The number of nitrogens with zero attached hydrogens (tertiary/aromatic N) is 3. The van der Waals surface area contributed by atoms with Crippen LogP contribution in [0.2, 0.25) is 0 Å². The molecule has 8 heteroatoms. The molecule has 1 saturated heterocycles. The summed E-state index contributed by atoms with van der Waals surface area (Å²) in [4.78, 5) is 26.3. The molecule has 3 amide bonds. The number of aromatic nitrogens is 2. The number of urea groups is 1. The minimum Gasteiger partial charge on any atom is -0.376 e.